The molecule has 0 atom stereocenters. The average Bonchev–Trinajstić information content (AvgIpc) is 1.94. The summed E-state index contributed by atoms with van der Waals surface area (Å²) >= 11 is 0. The van der Waals surface area contributed by atoms with Gasteiger partial charge in [-0.25, -0.2) is 0 Å². The quantitative estimate of drug-likeness (QED) is 0.515. The first-order chi connectivity index (χ1) is 7.37. The summed E-state index contributed by atoms with van der Waals surface area (Å²) in [5.41, 5.74) is 0.250. The van der Waals surface area contributed by atoms with Crippen molar-refractivity contribution in [3.63, 3.8) is 0 Å². The third-order valence-electron chi connectivity index (χ3n) is 2.33. The molecule has 0 unspecified atom stereocenters. The summed E-state index contributed by atoms with van der Waals surface area (Å²) in [6, 6.07) is 0. The largest absolute Gasteiger partial charge is 0.369 e. The van der Waals surface area contributed by atoms with Gasteiger partial charge in [0.25, 0.3) is 0 Å². The van der Waals surface area contributed by atoms with Crippen LogP contribution in [0.3, 0.4) is 0 Å². The van der Waals surface area contributed by atoms with E-state index in [0.29, 0.717) is 12.0 Å². The third-order valence-corrected chi connectivity index (χ3v) is 2.33. The summed E-state index contributed by atoms with van der Waals surface area (Å²) in [4.78, 5) is 10.6. The van der Waals surface area contributed by atoms with Crippen LogP contribution in [-0.2, 0) is 9.53 Å². The molecule has 0 spiro atoms. The average molecular weight is 240 g/mol. The van der Waals surface area contributed by atoms with E-state index in [9.17, 15) is 4.79 Å². The maximum atomic E-state index is 10.6. The molecule has 0 saturated carbocycles. The highest BCUT2D eigenvalue weighted by atomic mass is 16.5. The Morgan fingerprint density at radius 1 is 1.06 bits per heavy atom. The molecule has 0 N–H and O–H groups in total. The van der Waals surface area contributed by atoms with Crippen LogP contribution in [0.4, 0.5) is 0 Å². The highest BCUT2D eigenvalue weighted by Gasteiger charge is 2.32. The van der Waals surface area contributed by atoms with Gasteiger partial charge in [-0.05, 0) is 45.1 Å². The fraction of sp³-hybridized carbons (Fsp3) is 0.800. The second-order valence-corrected chi connectivity index (χ2v) is 7.31. The van der Waals surface area contributed by atoms with Crippen LogP contribution in [0.2, 0.25) is 0 Å². The summed E-state index contributed by atoms with van der Waals surface area (Å²) in [6.45, 7) is 18.5. The van der Waals surface area contributed by atoms with Gasteiger partial charge in [-0.15, -0.1) is 0 Å². The van der Waals surface area contributed by atoms with Crippen molar-refractivity contribution in [2.45, 2.75) is 72.5 Å². The number of carbonyl (C=O) groups is 1. The lowest BCUT2D eigenvalue weighted by Gasteiger charge is -2.39. The zero-order chi connectivity index (χ0) is 13.9. The van der Waals surface area contributed by atoms with E-state index in [1.54, 1.807) is 0 Å². The number of hydrogen-bond acceptors (Lipinski definition) is 2. The number of rotatable bonds is 6. The van der Waals surface area contributed by atoms with E-state index in [2.05, 4.69) is 41.2 Å². The van der Waals surface area contributed by atoms with Crippen LogP contribution in [0.15, 0.2) is 12.2 Å². The molecule has 2 nitrogen and oxygen atoms in total. The predicted molar refractivity (Wildman–Crippen MR) is 73.1 cm³/mol. The van der Waals surface area contributed by atoms with Crippen LogP contribution in [0.5, 0.6) is 0 Å². The number of carbonyl (C=O) groups excluding carboxylic acids is 1. The van der Waals surface area contributed by atoms with Gasteiger partial charge >= 0.3 is 0 Å². The molecule has 0 rings (SSSR count). The predicted octanol–water partition coefficient (Wildman–Crippen LogP) is 4.14. The number of hydrogen-bond donors (Lipinski definition) is 0. The normalized spacial score (nSPS) is 13.6. The van der Waals surface area contributed by atoms with Gasteiger partial charge in [0.2, 0.25) is 0 Å². The molecule has 100 valence electrons. The second kappa shape index (κ2) is 5.34. The third kappa shape index (κ3) is 8.14. The Morgan fingerprint density at radius 3 is 1.88 bits per heavy atom. The molecule has 0 bridgehead atoms. The van der Waals surface area contributed by atoms with Crippen molar-refractivity contribution in [3.8, 4) is 0 Å². The van der Waals surface area contributed by atoms with Gasteiger partial charge in [0, 0.05) is 6.42 Å². The highest BCUT2D eigenvalue weighted by molar-refractivity contribution is 5.72. The molecule has 0 heterocycles. The van der Waals surface area contributed by atoms with E-state index in [1.165, 1.54) is 0 Å². The summed E-state index contributed by atoms with van der Waals surface area (Å²) in [6.07, 6.45) is 2.35. The minimum absolute atomic E-state index is 0.203. The van der Waals surface area contributed by atoms with Gasteiger partial charge in [-0.2, -0.15) is 0 Å². The molecule has 2 heteroatoms. The smallest absolute Gasteiger partial charge is 0.145 e. The molecule has 0 aliphatic carbocycles. The lowest BCUT2D eigenvalue weighted by atomic mass is 9.83. The number of ether oxygens (including phenoxy) is 1. The molecule has 0 amide bonds. The van der Waals surface area contributed by atoms with Crippen LogP contribution < -0.4 is 0 Å². The Morgan fingerprint density at radius 2 is 1.53 bits per heavy atom. The van der Waals surface area contributed by atoms with Crippen molar-refractivity contribution in [2.24, 2.45) is 5.41 Å². The van der Waals surface area contributed by atoms with E-state index < -0.39 is 0 Å². The fourth-order valence-corrected chi connectivity index (χ4v) is 2.69. The van der Waals surface area contributed by atoms with E-state index in [4.69, 9.17) is 4.74 Å². The van der Waals surface area contributed by atoms with Crippen molar-refractivity contribution < 1.29 is 9.53 Å². The van der Waals surface area contributed by atoms with Crippen molar-refractivity contribution in [2.75, 3.05) is 0 Å². The van der Waals surface area contributed by atoms with Crippen molar-refractivity contribution in [1.29, 1.82) is 0 Å². The molecule has 0 aliphatic rings. The fourth-order valence-electron chi connectivity index (χ4n) is 2.69. The molecule has 17 heavy (non-hydrogen) atoms. The molecule has 0 fully saturated rings. The van der Waals surface area contributed by atoms with E-state index in [-0.39, 0.29) is 16.6 Å². The summed E-state index contributed by atoms with van der Waals surface area (Å²) < 4.78 is 6.15. The van der Waals surface area contributed by atoms with Gasteiger partial charge < -0.3 is 4.74 Å². The van der Waals surface area contributed by atoms with Crippen molar-refractivity contribution >= 4 is 6.29 Å². The van der Waals surface area contributed by atoms with Crippen LogP contribution in [-0.4, -0.2) is 17.5 Å². The standard InChI is InChI=1S/C15H28O2/c1-12(10-16)9-14(5,6)17-15(7,8)11-13(2,3)4/h10H,1,9,11H2,2-8H3. The van der Waals surface area contributed by atoms with Gasteiger partial charge in [0.15, 0.2) is 0 Å². The maximum absolute atomic E-state index is 10.6. The second-order valence-electron chi connectivity index (χ2n) is 7.31. The van der Waals surface area contributed by atoms with Crippen LogP contribution in [0, 0.1) is 5.41 Å². The van der Waals surface area contributed by atoms with E-state index in [1.807, 2.05) is 13.8 Å². The van der Waals surface area contributed by atoms with Crippen molar-refractivity contribution in [1.82, 2.24) is 0 Å². The zero-order valence-electron chi connectivity index (χ0n) is 12.5. The first-order valence-corrected chi connectivity index (χ1v) is 6.20. The lowest BCUT2D eigenvalue weighted by Crippen LogP contribution is -2.39. The molecular weight excluding hydrogens is 212 g/mol. The molecular formula is C15H28O2. The molecule has 0 aromatic carbocycles. The Hall–Kier alpha value is -0.630. The Labute approximate surface area is 106 Å². The topological polar surface area (TPSA) is 26.3 Å². The highest BCUT2D eigenvalue weighted by Crippen LogP contribution is 2.34. The minimum Gasteiger partial charge on any atom is -0.369 e. The summed E-state index contributed by atoms with van der Waals surface area (Å²) in [5.74, 6) is 0. The summed E-state index contributed by atoms with van der Waals surface area (Å²) in [5, 5.41) is 0. The first kappa shape index (κ1) is 16.4. The van der Waals surface area contributed by atoms with Gasteiger partial charge in [0.05, 0.1) is 11.2 Å². The Bertz CT molecular complexity index is 280. The maximum Gasteiger partial charge on any atom is 0.145 e. The monoisotopic (exact) mass is 240 g/mol. The van der Waals surface area contributed by atoms with Gasteiger partial charge in [0.1, 0.15) is 6.29 Å². The number of aldehydes is 1. The van der Waals surface area contributed by atoms with Gasteiger partial charge in [-0.3, -0.25) is 4.79 Å². The first-order valence-electron chi connectivity index (χ1n) is 6.20. The zero-order valence-corrected chi connectivity index (χ0v) is 12.5. The molecule has 0 aromatic heterocycles. The molecule has 0 aromatic rings. The molecule has 0 aliphatic heterocycles. The lowest BCUT2D eigenvalue weighted by molar-refractivity contribution is -0.137. The van der Waals surface area contributed by atoms with Crippen LogP contribution >= 0.6 is 0 Å². The van der Waals surface area contributed by atoms with E-state index in [0.717, 1.165) is 12.7 Å². The van der Waals surface area contributed by atoms with Crippen LogP contribution in [0.1, 0.15) is 61.3 Å². The SMILES string of the molecule is C=C(C=O)CC(C)(C)OC(C)(C)CC(C)(C)C. The summed E-state index contributed by atoms with van der Waals surface area (Å²) in [7, 11) is 0. The molecule has 0 radical (unpaired) electrons. The Balaban J connectivity index is 4.58. The van der Waals surface area contributed by atoms with Crippen molar-refractivity contribution in [3.05, 3.63) is 12.2 Å². The van der Waals surface area contributed by atoms with E-state index >= 15 is 0 Å². The van der Waals surface area contributed by atoms with Gasteiger partial charge in [-0.1, -0.05) is 27.4 Å². The Kier molecular flexibility index (Phi) is 5.15. The minimum atomic E-state index is -0.354. The molecule has 0 saturated heterocycles. The van der Waals surface area contributed by atoms with Crippen LogP contribution in [0.25, 0.3) is 0 Å².